The van der Waals surface area contributed by atoms with E-state index in [1.54, 1.807) is 35.9 Å². The minimum absolute atomic E-state index is 0.181. The quantitative estimate of drug-likeness (QED) is 0.661. The van der Waals surface area contributed by atoms with E-state index in [9.17, 15) is 9.90 Å². The molecule has 1 N–H and O–H groups in total. The van der Waals surface area contributed by atoms with Gasteiger partial charge in [0, 0.05) is 24.6 Å². The number of carboxylic acid groups (broad SMARTS) is 1. The minimum atomic E-state index is -1.01. The highest BCUT2D eigenvalue weighted by atomic mass is 16.5. The molecule has 3 rings (SSSR count). The molecular formula is C20H18N2O4. The Hall–Kier alpha value is -3.30. The van der Waals surface area contributed by atoms with Crippen LogP contribution in [-0.2, 0) is 11.3 Å². The first-order chi connectivity index (χ1) is 12.6. The van der Waals surface area contributed by atoms with Crippen LogP contribution in [-0.4, -0.2) is 36.0 Å². The molecule has 0 aliphatic heterocycles. The van der Waals surface area contributed by atoms with Gasteiger partial charge in [0.05, 0.1) is 18.2 Å². The van der Waals surface area contributed by atoms with Crippen LogP contribution in [0.2, 0.25) is 0 Å². The molecule has 0 saturated heterocycles. The molecule has 0 bridgehead atoms. The SMILES string of the molecule is COCCOc1cccc(Cn2c(C(=O)O)cc3cc(C#N)ccc32)c1. The Morgan fingerprint density at radius 2 is 2.04 bits per heavy atom. The van der Waals surface area contributed by atoms with Gasteiger partial charge in [-0.25, -0.2) is 4.79 Å². The topological polar surface area (TPSA) is 84.5 Å². The van der Waals surface area contributed by atoms with Crippen molar-refractivity contribution in [1.82, 2.24) is 4.57 Å². The van der Waals surface area contributed by atoms with Gasteiger partial charge in [0.1, 0.15) is 18.1 Å². The summed E-state index contributed by atoms with van der Waals surface area (Å²) in [7, 11) is 1.61. The zero-order valence-electron chi connectivity index (χ0n) is 14.3. The fraction of sp³-hybridized carbons (Fsp3) is 0.200. The second kappa shape index (κ2) is 7.72. The van der Waals surface area contributed by atoms with Crippen molar-refractivity contribution in [3.05, 3.63) is 65.4 Å². The highest BCUT2D eigenvalue weighted by Gasteiger charge is 2.15. The zero-order valence-corrected chi connectivity index (χ0v) is 14.3. The molecule has 0 atom stereocenters. The summed E-state index contributed by atoms with van der Waals surface area (Å²) < 4.78 is 12.3. The highest BCUT2D eigenvalue weighted by Crippen LogP contribution is 2.24. The minimum Gasteiger partial charge on any atom is -0.491 e. The fourth-order valence-corrected chi connectivity index (χ4v) is 2.85. The predicted octanol–water partition coefficient (Wildman–Crippen LogP) is 3.28. The lowest BCUT2D eigenvalue weighted by molar-refractivity contribution is 0.0686. The molecule has 0 aliphatic rings. The third-order valence-corrected chi connectivity index (χ3v) is 4.04. The molecule has 6 nitrogen and oxygen atoms in total. The van der Waals surface area contributed by atoms with E-state index >= 15 is 0 Å². The van der Waals surface area contributed by atoms with Gasteiger partial charge in [0.2, 0.25) is 0 Å². The van der Waals surface area contributed by atoms with Crippen LogP contribution in [0.5, 0.6) is 5.75 Å². The molecule has 0 spiro atoms. The number of hydrogen-bond donors (Lipinski definition) is 1. The van der Waals surface area contributed by atoms with Gasteiger partial charge in [0.15, 0.2) is 0 Å². The Balaban J connectivity index is 1.95. The Kier molecular flexibility index (Phi) is 5.20. The van der Waals surface area contributed by atoms with Crippen LogP contribution in [0.25, 0.3) is 10.9 Å². The number of aromatic nitrogens is 1. The van der Waals surface area contributed by atoms with Crippen LogP contribution in [0.4, 0.5) is 0 Å². The molecule has 2 aromatic carbocycles. The third-order valence-electron chi connectivity index (χ3n) is 4.04. The summed E-state index contributed by atoms with van der Waals surface area (Å²) in [4.78, 5) is 11.7. The van der Waals surface area contributed by atoms with E-state index in [2.05, 4.69) is 6.07 Å². The largest absolute Gasteiger partial charge is 0.491 e. The lowest BCUT2D eigenvalue weighted by Crippen LogP contribution is -2.09. The maximum Gasteiger partial charge on any atom is 0.352 e. The van der Waals surface area contributed by atoms with E-state index in [4.69, 9.17) is 14.7 Å². The summed E-state index contributed by atoms with van der Waals surface area (Å²) in [5.41, 5.74) is 2.37. The first-order valence-electron chi connectivity index (χ1n) is 8.09. The van der Waals surface area contributed by atoms with Gasteiger partial charge in [0.25, 0.3) is 0 Å². The average Bonchev–Trinajstić information content (AvgIpc) is 3.00. The predicted molar refractivity (Wildman–Crippen MR) is 96.5 cm³/mol. The van der Waals surface area contributed by atoms with Crippen molar-refractivity contribution in [3.8, 4) is 11.8 Å². The Labute approximate surface area is 150 Å². The van der Waals surface area contributed by atoms with Gasteiger partial charge in [-0.3, -0.25) is 0 Å². The number of rotatable bonds is 7. The molecule has 0 aliphatic carbocycles. The van der Waals surface area contributed by atoms with E-state index in [0.717, 1.165) is 16.5 Å². The number of nitriles is 1. The molecule has 1 aromatic heterocycles. The van der Waals surface area contributed by atoms with Crippen LogP contribution in [0.3, 0.4) is 0 Å². The van der Waals surface area contributed by atoms with E-state index in [0.29, 0.717) is 31.1 Å². The average molecular weight is 350 g/mol. The van der Waals surface area contributed by atoms with E-state index in [-0.39, 0.29) is 5.69 Å². The van der Waals surface area contributed by atoms with Crippen LogP contribution >= 0.6 is 0 Å². The summed E-state index contributed by atoms with van der Waals surface area (Å²) in [6, 6.07) is 16.4. The van der Waals surface area contributed by atoms with Crippen molar-refractivity contribution in [3.63, 3.8) is 0 Å². The molecule has 0 radical (unpaired) electrons. The Bertz CT molecular complexity index is 985. The molecule has 26 heavy (non-hydrogen) atoms. The number of carbonyl (C=O) groups is 1. The number of nitrogens with zero attached hydrogens (tertiary/aromatic N) is 2. The number of benzene rings is 2. The van der Waals surface area contributed by atoms with Crippen molar-refractivity contribution in [2.75, 3.05) is 20.3 Å². The number of carboxylic acids is 1. The third kappa shape index (κ3) is 3.68. The molecule has 132 valence electrons. The van der Waals surface area contributed by atoms with Crippen molar-refractivity contribution in [2.45, 2.75) is 6.54 Å². The van der Waals surface area contributed by atoms with Gasteiger partial charge in [-0.15, -0.1) is 0 Å². The van der Waals surface area contributed by atoms with Crippen molar-refractivity contribution in [1.29, 1.82) is 5.26 Å². The van der Waals surface area contributed by atoms with Gasteiger partial charge in [-0.05, 0) is 42.0 Å². The normalized spacial score (nSPS) is 10.6. The molecular weight excluding hydrogens is 332 g/mol. The molecule has 0 amide bonds. The highest BCUT2D eigenvalue weighted by molar-refractivity contribution is 5.95. The Morgan fingerprint density at radius 3 is 2.77 bits per heavy atom. The van der Waals surface area contributed by atoms with E-state index < -0.39 is 5.97 Å². The van der Waals surface area contributed by atoms with Crippen LogP contribution in [0, 0.1) is 11.3 Å². The second-order valence-corrected chi connectivity index (χ2v) is 5.79. The first-order valence-corrected chi connectivity index (χ1v) is 8.09. The standard InChI is InChI=1S/C20H18N2O4/c1-25-7-8-26-17-4-2-3-15(10-17)13-22-18-6-5-14(12-21)9-16(18)11-19(22)20(23)24/h2-6,9-11H,7-8,13H2,1H3,(H,23,24). The van der Waals surface area contributed by atoms with E-state index in [1.807, 2.05) is 24.3 Å². The zero-order chi connectivity index (χ0) is 18.5. The first kappa shape index (κ1) is 17.5. The summed E-state index contributed by atoms with van der Waals surface area (Å²) in [5, 5.41) is 19.3. The summed E-state index contributed by atoms with van der Waals surface area (Å²) in [6.07, 6.45) is 0. The lowest BCUT2D eigenvalue weighted by Gasteiger charge is -2.11. The smallest absolute Gasteiger partial charge is 0.352 e. The summed E-state index contributed by atoms with van der Waals surface area (Å²) in [6.45, 7) is 1.33. The monoisotopic (exact) mass is 350 g/mol. The van der Waals surface area contributed by atoms with Crippen molar-refractivity contribution < 1.29 is 19.4 Å². The maximum absolute atomic E-state index is 11.7. The van der Waals surface area contributed by atoms with E-state index in [1.165, 1.54) is 0 Å². The molecule has 0 fully saturated rings. The molecule has 0 unspecified atom stereocenters. The van der Waals surface area contributed by atoms with Gasteiger partial charge in [-0.2, -0.15) is 5.26 Å². The molecule has 3 aromatic rings. The van der Waals surface area contributed by atoms with Gasteiger partial charge < -0.3 is 19.1 Å². The molecule has 0 saturated carbocycles. The molecule has 6 heteroatoms. The number of fused-ring (bicyclic) bond motifs is 1. The number of methoxy groups -OCH3 is 1. The van der Waals surface area contributed by atoms with Crippen molar-refractivity contribution >= 4 is 16.9 Å². The summed E-state index contributed by atoms with van der Waals surface area (Å²) in [5.74, 6) is -0.299. The van der Waals surface area contributed by atoms with Crippen LogP contribution in [0.1, 0.15) is 21.6 Å². The fourth-order valence-electron chi connectivity index (χ4n) is 2.85. The van der Waals surface area contributed by atoms with Gasteiger partial charge >= 0.3 is 5.97 Å². The number of aromatic carboxylic acids is 1. The number of ether oxygens (including phenoxy) is 2. The van der Waals surface area contributed by atoms with Crippen LogP contribution < -0.4 is 4.74 Å². The number of hydrogen-bond acceptors (Lipinski definition) is 4. The summed E-state index contributed by atoms with van der Waals surface area (Å²) >= 11 is 0. The lowest BCUT2D eigenvalue weighted by atomic mass is 10.1. The second-order valence-electron chi connectivity index (χ2n) is 5.79. The van der Waals surface area contributed by atoms with Crippen molar-refractivity contribution in [2.24, 2.45) is 0 Å². The van der Waals surface area contributed by atoms with Crippen LogP contribution in [0.15, 0.2) is 48.5 Å². The Morgan fingerprint density at radius 1 is 1.19 bits per heavy atom. The van der Waals surface area contributed by atoms with Gasteiger partial charge in [-0.1, -0.05) is 12.1 Å². The maximum atomic E-state index is 11.7. The molecule has 1 heterocycles.